The zero-order valence-electron chi connectivity index (χ0n) is 17.1. The van der Waals surface area contributed by atoms with Gasteiger partial charge in [0.25, 0.3) is 0 Å². The van der Waals surface area contributed by atoms with Gasteiger partial charge in [-0.25, -0.2) is 0 Å². The number of hydrogen-bond acceptors (Lipinski definition) is 4. The Balaban J connectivity index is 2.56. The van der Waals surface area contributed by atoms with Crippen molar-refractivity contribution < 1.29 is 24.9 Å². The molecule has 0 heterocycles. The minimum absolute atomic E-state index is 0.0660. The quantitative estimate of drug-likeness (QED) is 0.453. The van der Waals surface area contributed by atoms with Crippen LogP contribution in [-0.4, -0.2) is 27.1 Å². The summed E-state index contributed by atoms with van der Waals surface area (Å²) in [6.45, 7) is 8.75. The predicted octanol–water partition coefficient (Wildman–Crippen LogP) is 5.31. The average Bonchev–Trinajstić information content (AvgIpc) is 2.59. The van der Waals surface area contributed by atoms with Gasteiger partial charge in [0.05, 0.1) is 11.0 Å². The molecule has 2 aromatic rings. The Hall–Kier alpha value is -2.79. The third kappa shape index (κ3) is 4.80. The molecule has 0 aliphatic carbocycles. The van der Waals surface area contributed by atoms with Crippen molar-refractivity contribution in [2.45, 2.75) is 45.4 Å². The van der Waals surface area contributed by atoms with E-state index in [1.54, 1.807) is 12.1 Å². The molecule has 29 heavy (non-hydrogen) atoms. The molecule has 3 N–H and O–H groups in total. The summed E-state index contributed by atoms with van der Waals surface area (Å²) >= 11 is 5.79. The summed E-state index contributed by atoms with van der Waals surface area (Å²) < 4.78 is 0. The maximum Gasteiger partial charge on any atom is 0.313 e. The fourth-order valence-electron chi connectivity index (χ4n) is 2.89. The van der Waals surface area contributed by atoms with E-state index in [4.69, 9.17) is 11.6 Å². The zero-order chi connectivity index (χ0) is 22.1. The number of carboxylic acids is 1. The van der Waals surface area contributed by atoms with Gasteiger partial charge in [0.1, 0.15) is 11.5 Å². The Kier molecular flexibility index (Phi) is 6.14. The largest absolute Gasteiger partial charge is 0.507 e. The van der Waals surface area contributed by atoms with Crippen molar-refractivity contribution in [2.75, 3.05) is 0 Å². The number of benzene rings is 2. The molecule has 0 bridgehead atoms. The lowest BCUT2D eigenvalue weighted by atomic mass is 9.77. The first-order valence-electron chi connectivity index (χ1n) is 9.07. The van der Waals surface area contributed by atoms with E-state index >= 15 is 0 Å². The van der Waals surface area contributed by atoms with Crippen LogP contribution in [0.4, 0.5) is 0 Å². The molecule has 0 saturated carbocycles. The van der Waals surface area contributed by atoms with E-state index in [1.807, 2.05) is 20.8 Å². The second kappa shape index (κ2) is 7.91. The van der Waals surface area contributed by atoms with Crippen molar-refractivity contribution in [1.29, 1.82) is 0 Å². The van der Waals surface area contributed by atoms with Gasteiger partial charge in [-0.3, -0.25) is 9.59 Å². The van der Waals surface area contributed by atoms with Gasteiger partial charge in [-0.05, 0) is 61.2 Å². The van der Waals surface area contributed by atoms with Crippen molar-refractivity contribution in [1.82, 2.24) is 0 Å². The minimum atomic E-state index is -1.33. The monoisotopic (exact) mass is 416 g/mol. The first kappa shape index (κ1) is 22.5. The molecule has 0 fully saturated rings. The van der Waals surface area contributed by atoms with Crippen LogP contribution in [0.3, 0.4) is 0 Å². The van der Waals surface area contributed by atoms with Gasteiger partial charge in [-0.15, -0.1) is 0 Å². The Morgan fingerprint density at radius 3 is 2.07 bits per heavy atom. The zero-order valence-corrected chi connectivity index (χ0v) is 17.8. The lowest BCUT2D eigenvalue weighted by molar-refractivity contribution is -0.142. The number of phenolic OH excluding ortho intramolecular Hbond substituents is 2. The highest BCUT2D eigenvalue weighted by atomic mass is 35.5. The fraction of sp³-hybridized carbons (Fsp3) is 0.304. The van der Waals surface area contributed by atoms with E-state index in [-0.39, 0.29) is 22.6 Å². The van der Waals surface area contributed by atoms with Crippen molar-refractivity contribution in [2.24, 2.45) is 0 Å². The van der Waals surface area contributed by atoms with Crippen molar-refractivity contribution >= 4 is 29.4 Å². The molecule has 154 valence electrons. The molecular weight excluding hydrogens is 392 g/mol. The number of ketones is 1. The van der Waals surface area contributed by atoms with Crippen LogP contribution in [-0.2, 0) is 15.6 Å². The normalized spacial score (nSPS) is 12.3. The molecule has 0 unspecified atom stereocenters. The number of carbonyl (C=O) groups excluding carboxylic acids is 1. The summed E-state index contributed by atoms with van der Waals surface area (Å²) in [4.78, 5) is 24.2. The number of carboxylic acid groups (broad SMARTS) is 1. The highest BCUT2D eigenvalue weighted by Gasteiger charge is 2.35. The maximum atomic E-state index is 12.5. The number of aromatic hydroxyl groups is 2. The van der Waals surface area contributed by atoms with Crippen LogP contribution in [0.2, 0.25) is 5.02 Å². The van der Waals surface area contributed by atoms with Crippen molar-refractivity contribution in [3.63, 3.8) is 0 Å². The molecule has 0 radical (unpaired) electrons. The van der Waals surface area contributed by atoms with E-state index < -0.39 is 22.6 Å². The van der Waals surface area contributed by atoms with Crippen LogP contribution in [0.5, 0.6) is 11.5 Å². The van der Waals surface area contributed by atoms with Crippen LogP contribution < -0.4 is 0 Å². The Labute approximate surface area is 175 Å². The molecule has 2 rings (SSSR count). The number of phenols is 2. The van der Waals surface area contributed by atoms with Crippen LogP contribution >= 0.6 is 11.6 Å². The van der Waals surface area contributed by atoms with E-state index in [1.165, 1.54) is 44.2 Å². The summed E-state index contributed by atoms with van der Waals surface area (Å²) in [5.74, 6) is -1.79. The van der Waals surface area contributed by atoms with Crippen LogP contribution in [0.15, 0.2) is 36.4 Å². The van der Waals surface area contributed by atoms with Gasteiger partial charge < -0.3 is 15.3 Å². The molecule has 2 aromatic carbocycles. The van der Waals surface area contributed by atoms with Crippen LogP contribution in [0, 0.1) is 0 Å². The van der Waals surface area contributed by atoms with Crippen LogP contribution in [0.25, 0.3) is 6.08 Å². The second-order valence-corrected chi connectivity index (χ2v) is 8.94. The number of rotatable bonds is 5. The van der Waals surface area contributed by atoms with E-state index in [2.05, 4.69) is 0 Å². The highest BCUT2D eigenvalue weighted by Crippen LogP contribution is 2.40. The van der Waals surface area contributed by atoms with Gasteiger partial charge in [0, 0.05) is 16.1 Å². The van der Waals surface area contributed by atoms with Gasteiger partial charge in [0.2, 0.25) is 0 Å². The van der Waals surface area contributed by atoms with E-state index in [9.17, 15) is 24.9 Å². The number of aliphatic carboxylic acids is 1. The fourth-order valence-corrected chi connectivity index (χ4v) is 3.06. The summed E-state index contributed by atoms with van der Waals surface area (Å²) in [5, 5.41) is 30.6. The predicted molar refractivity (Wildman–Crippen MR) is 114 cm³/mol. The molecule has 0 amide bonds. The number of halogens is 1. The first-order valence-corrected chi connectivity index (χ1v) is 9.45. The average molecular weight is 417 g/mol. The Morgan fingerprint density at radius 1 is 0.966 bits per heavy atom. The van der Waals surface area contributed by atoms with Gasteiger partial charge in [-0.2, -0.15) is 0 Å². The molecule has 0 spiro atoms. The van der Waals surface area contributed by atoms with Crippen molar-refractivity contribution in [3.05, 3.63) is 63.7 Å². The van der Waals surface area contributed by atoms with Crippen molar-refractivity contribution in [3.8, 4) is 11.5 Å². The molecule has 5 nitrogen and oxygen atoms in total. The van der Waals surface area contributed by atoms with Gasteiger partial charge in [0.15, 0.2) is 5.78 Å². The summed E-state index contributed by atoms with van der Waals surface area (Å²) in [7, 11) is 0. The van der Waals surface area contributed by atoms with Gasteiger partial charge in [-0.1, -0.05) is 38.4 Å². The summed E-state index contributed by atoms with van der Waals surface area (Å²) in [5.41, 5.74) is -0.266. The number of hydrogen-bond donors (Lipinski definition) is 3. The topological polar surface area (TPSA) is 94.8 Å². The Bertz CT molecular complexity index is 997. The molecule has 0 atom stereocenters. The molecule has 0 saturated heterocycles. The summed E-state index contributed by atoms with van der Waals surface area (Å²) in [6.07, 6.45) is 2.83. The SMILES string of the molecule is CC(C)(C)c1cc(/C=C/C(=O)c2ccc(Cl)cc2O)cc(C(C)(C)C(=O)O)c1O. The molecular formula is C23H25ClO5. The highest BCUT2D eigenvalue weighted by molar-refractivity contribution is 6.31. The smallest absolute Gasteiger partial charge is 0.313 e. The minimum Gasteiger partial charge on any atom is -0.507 e. The lowest BCUT2D eigenvalue weighted by Gasteiger charge is -2.27. The number of carbonyl (C=O) groups is 2. The van der Waals surface area contributed by atoms with Crippen LogP contribution in [0.1, 0.15) is 61.7 Å². The van der Waals surface area contributed by atoms with Gasteiger partial charge >= 0.3 is 5.97 Å². The molecule has 0 aliphatic rings. The third-order valence-electron chi connectivity index (χ3n) is 4.80. The standard InChI is InChI=1S/C23H25ClO5/c1-22(2,3)16-10-13(11-17(20(16)27)23(4,5)21(28)29)6-9-18(25)15-8-7-14(24)12-19(15)26/h6-12,26-27H,1-5H3,(H,28,29)/b9-6+. The van der Waals surface area contributed by atoms with E-state index in [0.29, 0.717) is 16.1 Å². The second-order valence-electron chi connectivity index (χ2n) is 8.50. The maximum absolute atomic E-state index is 12.5. The third-order valence-corrected chi connectivity index (χ3v) is 5.04. The molecule has 0 aromatic heterocycles. The van der Waals surface area contributed by atoms with E-state index in [0.717, 1.165) is 0 Å². The molecule has 6 heteroatoms. The summed E-state index contributed by atoms with van der Waals surface area (Å²) in [6, 6.07) is 7.51. The lowest BCUT2D eigenvalue weighted by Crippen LogP contribution is -2.29. The first-order chi connectivity index (χ1) is 13.2. The number of allylic oxidation sites excluding steroid dienone is 1. The molecule has 0 aliphatic heterocycles. The Morgan fingerprint density at radius 2 is 1.55 bits per heavy atom.